The van der Waals surface area contributed by atoms with Gasteiger partial charge in [0.15, 0.2) is 11.5 Å². The summed E-state index contributed by atoms with van der Waals surface area (Å²) in [4.78, 5) is 13.3. The molecular formula is C26H31N3O4. The molecule has 0 saturated carbocycles. The maximum Gasteiger partial charge on any atom is 0.252 e. The fraction of sp³-hybridized carbons (Fsp3) is 0.385. The quantitative estimate of drug-likeness (QED) is 0.579. The van der Waals surface area contributed by atoms with E-state index >= 15 is 0 Å². The van der Waals surface area contributed by atoms with E-state index in [2.05, 4.69) is 41.1 Å². The Kier molecular flexibility index (Phi) is 6.31. The summed E-state index contributed by atoms with van der Waals surface area (Å²) in [5, 5.41) is 7.90. The summed E-state index contributed by atoms with van der Waals surface area (Å²) in [7, 11) is 4.62. The molecule has 0 radical (unpaired) electrons. The number of nitrogens with one attached hydrogen (secondary N) is 1. The molecule has 0 aliphatic heterocycles. The monoisotopic (exact) mass is 449 g/mol. The number of hydrogen-bond donors (Lipinski definition) is 1. The average molecular weight is 450 g/mol. The number of carbonyl (C=O) groups excluding carboxylic acids is 1. The second-order valence-electron chi connectivity index (χ2n) is 9.18. The van der Waals surface area contributed by atoms with Gasteiger partial charge in [-0.05, 0) is 36.0 Å². The minimum atomic E-state index is -0.196. The Labute approximate surface area is 194 Å². The zero-order chi connectivity index (χ0) is 23.6. The van der Waals surface area contributed by atoms with Crippen molar-refractivity contribution in [1.82, 2.24) is 15.1 Å². The molecule has 1 aromatic heterocycles. The van der Waals surface area contributed by atoms with E-state index in [0.29, 0.717) is 29.4 Å². The fourth-order valence-electron chi connectivity index (χ4n) is 4.57. The zero-order valence-electron chi connectivity index (χ0n) is 19.8. The third kappa shape index (κ3) is 4.67. The molecule has 174 valence electrons. The maximum absolute atomic E-state index is 13.3. The van der Waals surface area contributed by atoms with Gasteiger partial charge < -0.3 is 19.5 Å². The smallest absolute Gasteiger partial charge is 0.252 e. The molecule has 1 aliphatic rings. The number of amides is 1. The van der Waals surface area contributed by atoms with Crippen LogP contribution in [0.25, 0.3) is 0 Å². The molecule has 3 aromatic rings. The topological polar surface area (TPSA) is 74.6 Å². The summed E-state index contributed by atoms with van der Waals surface area (Å²) in [6.45, 7) is 5.17. The lowest BCUT2D eigenvalue weighted by atomic mass is 9.74. The van der Waals surface area contributed by atoms with Crippen LogP contribution in [0, 0.1) is 5.41 Å². The van der Waals surface area contributed by atoms with Gasteiger partial charge in [-0.3, -0.25) is 9.48 Å². The van der Waals surface area contributed by atoms with Crippen LogP contribution in [0.3, 0.4) is 0 Å². The summed E-state index contributed by atoms with van der Waals surface area (Å²) in [5.41, 5.74) is 3.92. The van der Waals surface area contributed by atoms with Gasteiger partial charge in [0.05, 0.1) is 40.1 Å². The fourth-order valence-corrected chi connectivity index (χ4v) is 4.57. The molecule has 0 bridgehead atoms. The first kappa shape index (κ1) is 22.7. The van der Waals surface area contributed by atoms with Crippen LogP contribution < -0.4 is 19.5 Å². The van der Waals surface area contributed by atoms with Gasteiger partial charge in [0.2, 0.25) is 5.75 Å². The Morgan fingerprint density at radius 1 is 1.09 bits per heavy atom. The number of nitrogens with zero attached hydrogens (tertiary/aromatic N) is 2. The van der Waals surface area contributed by atoms with Crippen LogP contribution >= 0.6 is 0 Å². The van der Waals surface area contributed by atoms with Gasteiger partial charge in [-0.25, -0.2) is 0 Å². The van der Waals surface area contributed by atoms with E-state index in [1.165, 1.54) is 25.5 Å². The van der Waals surface area contributed by atoms with Gasteiger partial charge in [-0.2, -0.15) is 5.10 Å². The predicted octanol–water partition coefficient (Wildman–Crippen LogP) is 4.40. The van der Waals surface area contributed by atoms with Crippen LogP contribution in [0.4, 0.5) is 0 Å². The highest BCUT2D eigenvalue weighted by molar-refractivity contribution is 5.96. The summed E-state index contributed by atoms with van der Waals surface area (Å²) in [6, 6.07) is 13.5. The molecule has 0 fully saturated rings. The van der Waals surface area contributed by atoms with Crippen molar-refractivity contribution >= 4 is 5.91 Å². The van der Waals surface area contributed by atoms with Crippen molar-refractivity contribution in [2.75, 3.05) is 21.3 Å². The third-order valence-electron chi connectivity index (χ3n) is 6.17. The Morgan fingerprint density at radius 2 is 1.76 bits per heavy atom. The number of fused-ring (bicyclic) bond motifs is 1. The normalized spacial score (nSPS) is 16.6. The van der Waals surface area contributed by atoms with Gasteiger partial charge in [0.1, 0.15) is 0 Å². The lowest BCUT2D eigenvalue weighted by Crippen LogP contribution is -2.37. The van der Waals surface area contributed by atoms with Crippen LogP contribution in [0.5, 0.6) is 17.2 Å². The lowest BCUT2D eigenvalue weighted by molar-refractivity contribution is 0.0918. The summed E-state index contributed by atoms with van der Waals surface area (Å²) in [6.07, 6.45) is 3.63. The van der Waals surface area contributed by atoms with E-state index in [4.69, 9.17) is 14.2 Å². The average Bonchev–Trinajstić information content (AvgIpc) is 3.19. The molecule has 7 heteroatoms. The van der Waals surface area contributed by atoms with E-state index in [0.717, 1.165) is 18.4 Å². The van der Waals surface area contributed by atoms with Crippen LogP contribution in [0.2, 0.25) is 0 Å². The molecule has 1 heterocycles. The van der Waals surface area contributed by atoms with Crippen LogP contribution in [0.1, 0.15) is 53.5 Å². The molecule has 1 aliphatic carbocycles. The number of ether oxygens (including phenoxy) is 3. The minimum Gasteiger partial charge on any atom is -0.493 e. The summed E-state index contributed by atoms with van der Waals surface area (Å²) < 4.78 is 18.3. The number of benzene rings is 2. The van der Waals surface area contributed by atoms with Crippen LogP contribution in [-0.2, 0) is 13.0 Å². The van der Waals surface area contributed by atoms with Crippen LogP contribution in [0.15, 0.2) is 48.7 Å². The van der Waals surface area contributed by atoms with Crippen molar-refractivity contribution in [2.24, 2.45) is 5.41 Å². The van der Waals surface area contributed by atoms with E-state index < -0.39 is 0 Å². The molecule has 1 N–H and O–H groups in total. The van der Waals surface area contributed by atoms with Crippen molar-refractivity contribution in [3.05, 3.63) is 71.0 Å². The largest absolute Gasteiger partial charge is 0.493 e. The van der Waals surface area contributed by atoms with Crippen LogP contribution in [-0.4, -0.2) is 37.0 Å². The standard InChI is InChI=1S/C26H31N3O4/c1-26(2)13-20(19-15-27-29(21(19)14-26)16-17-9-7-6-8-10-17)28-25(30)18-11-22(31-3)24(33-5)23(12-18)32-4/h6-12,15,20H,13-14,16H2,1-5H3,(H,28,30)/t20-/m1/s1. The second-order valence-corrected chi connectivity index (χ2v) is 9.18. The number of hydrogen-bond acceptors (Lipinski definition) is 5. The molecule has 0 spiro atoms. The first-order valence-corrected chi connectivity index (χ1v) is 11.0. The van der Waals surface area contributed by atoms with Crippen molar-refractivity contribution in [1.29, 1.82) is 0 Å². The van der Waals surface area contributed by atoms with Gasteiger partial charge in [0, 0.05) is 16.8 Å². The highest BCUT2D eigenvalue weighted by Gasteiger charge is 2.36. The van der Waals surface area contributed by atoms with Gasteiger partial charge in [0.25, 0.3) is 5.91 Å². The number of rotatable bonds is 7. The number of methoxy groups -OCH3 is 3. The van der Waals surface area contributed by atoms with Crippen molar-refractivity contribution in [3.63, 3.8) is 0 Å². The first-order chi connectivity index (χ1) is 15.8. The predicted molar refractivity (Wildman–Crippen MR) is 126 cm³/mol. The highest BCUT2D eigenvalue weighted by atomic mass is 16.5. The van der Waals surface area contributed by atoms with Gasteiger partial charge in [-0.15, -0.1) is 0 Å². The Bertz CT molecular complexity index is 1110. The van der Waals surface area contributed by atoms with Gasteiger partial charge in [-0.1, -0.05) is 44.2 Å². The Balaban J connectivity index is 1.62. The van der Waals surface area contributed by atoms with E-state index in [1.807, 2.05) is 24.4 Å². The second kappa shape index (κ2) is 9.17. The third-order valence-corrected chi connectivity index (χ3v) is 6.17. The molecule has 1 amide bonds. The Hall–Kier alpha value is -3.48. The van der Waals surface area contributed by atoms with Crippen molar-refractivity contribution in [2.45, 2.75) is 39.3 Å². The lowest BCUT2D eigenvalue weighted by Gasteiger charge is -2.36. The molecule has 7 nitrogen and oxygen atoms in total. The number of aromatic nitrogens is 2. The molecular weight excluding hydrogens is 418 g/mol. The SMILES string of the molecule is COc1cc(C(=O)N[C@@H]2CC(C)(C)Cc3c2cnn3Cc2ccccc2)cc(OC)c1OC. The highest BCUT2D eigenvalue weighted by Crippen LogP contribution is 2.42. The molecule has 0 unspecified atom stereocenters. The van der Waals surface area contributed by atoms with E-state index in [1.54, 1.807) is 19.2 Å². The molecule has 0 saturated heterocycles. The molecule has 33 heavy (non-hydrogen) atoms. The van der Waals surface area contributed by atoms with E-state index in [-0.39, 0.29) is 17.4 Å². The maximum atomic E-state index is 13.3. The van der Waals surface area contributed by atoms with Crippen molar-refractivity contribution < 1.29 is 19.0 Å². The summed E-state index contributed by atoms with van der Waals surface area (Å²) in [5.74, 6) is 1.16. The van der Waals surface area contributed by atoms with Gasteiger partial charge >= 0.3 is 0 Å². The number of carbonyl (C=O) groups is 1. The molecule has 1 atom stereocenters. The Morgan fingerprint density at radius 3 is 2.36 bits per heavy atom. The first-order valence-electron chi connectivity index (χ1n) is 11.0. The zero-order valence-corrected chi connectivity index (χ0v) is 19.8. The van der Waals surface area contributed by atoms with Crippen molar-refractivity contribution in [3.8, 4) is 17.2 Å². The van der Waals surface area contributed by atoms with E-state index in [9.17, 15) is 4.79 Å². The molecule has 4 rings (SSSR count). The minimum absolute atomic E-state index is 0.0225. The summed E-state index contributed by atoms with van der Waals surface area (Å²) >= 11 is 0. The molecule has 2 aromatic carbocycles.